The van der Waals surface area contributed by atoms with E-state index in [0.717, 1.165) is 11.1 Å². The van der Waals surface area contributed by atoms with E-state index in [0.29, 0.717) is 11.3 Å². The van der Waals surface area contributed by atoms with Gasteiger partial charge in [-0.2, -0.15) is 0 Å². The molecular formula is C22H19NO4. The fraction of sp³-hybridized carbons (Fsp3) is 0.136. The summed E-state index contributed by atoms with van der Waals surface area (Å²) in [6, 6.07) is 20.4. The Morgan fingerprint density at radius 3 is 2.11 bits per heavy atom. The highest BCUT2D eigenvalue weighted by Gasteiger charge is 2.20. The smallest absolute Gasteiger partial charge is 0.342 e. The first-order chi connectivity index (χ1) is 13.2. The molecule has 0 spiro atoms. The molecule has 136 valence electrons. The zero-order valence-electron chi connectivity index (χ0n) is 15.1. The Morgan fingerprint density at radius 1 is 0.963 bits per heavy atom. The average Bonchev–Trinajstić information content (AvgIpc) is 2.85. The summed E-state index contributed by atoms with van der Waals surface area (Å²) in [7, 11) is 1.34. The summed E-state index contributed by atoms with van der Waals surface area (Å²) in [6.07, 6.45) is 0. The third kappa shape index (κ3) is 3.87. The first-order valence-corrected chi connectivity index (χ1v) is 8.57. The number of ether oxygens (including phenoxy) is 2. The Balaban J connectivity index is 2.40. The van der Waals surface area contributed by atoms with Gasteiger partial charge >= 0.3 is 11.5 Å². The summed E-state index contributed by atoms with van der Waals surface area (Å²) in [5, 5.41) is 0. The summed E-state index contributed by atoms with van der Waals surface area (Å²) < 4.78 is 10.3. The Bertz CT molecular complexity index is 1000. The molecule has 0 aliphatic heterocycles. The van der Waals surface area contributed by atoms with Crippen LogP contribution < -0.4 is 10.3 Å². The van der Waals surface area contributed by atoms with E-state index in [4.69, 9.17) is 9.47 Å². The lowest BCUT2D eigenvalue weighted by molar-refractivity contribution is 0.0522. The predicted octanol–water partition coefficient (Wildman–Crippen LogP) is 3.96. The largest absolute Gasteiger partial charge is 0.490 e. The van der Waals surface area contributed by atoms with Crippen molar-refractivity contribution in [3.8, 4) is 28.1 Å². The van der Waals surface area contributed by atoms with E-state index >= 15 is 0 Å². The molecule has 5 heteroatoms. The predicted molar refractivity (Wildman–Crippen MR) is 104 cm³/mol. The van der Waals surface area contributed by atoms with Crippen LogP contribution in [0.3, 0.4) is 0 Å². The molecule has 0 fully saturated rings. The van der Waals surface area contributed by atoms with Crippen molar-refractivity contribution >= 4 is 5.97 Å². The van der Waals surface area contributed by atoms with Crippen LogP contribution in [0.25, 0.3) is 22.4 Å². The maximum absolute atomic E-state index is 12.7. The normalized spacial score (nSPS) is 10.3. The second-order valence-corrected chi connectivity index (χ2v) is 5.72. The van der Waals surface area contributed by atoms with Crippen molar-refractivity contribution < 1.29 is 14.3 Å². The van der Waals surface area contributed by atoms with Gasteiger partial charge in [0.1, 0.15) is 5.56 Å². The zero-order chi connectivity index (χ0) is 19.2. The Labute approximate surface area is 157 Å². The molecule has 0 atom stereocenters. The molecule has 0 bridgehead atoms. The van der Waals surface area contributed by atoms with Gasteiger partial charge in [-0.25, -0.2) is 9.78 Å². The number of esters is 1. The number of methoxy groups -OCH3 is 1. The Morgan fingerprint density at radius 2 is 1.56 bits per heavy atom. The molecular weight excluding hydrogens is 342 g/mol. The second-order valence-electron chi connectivity index (χ2n) is 5.72. The molecule has 5 nitrogen and oxygen atoms in total. The Kier molecular flexibility index (Phi) is 5.61. The van der Waals surface area contributed by atoms with Crippen molar-refractivity contribution in [1.82, 2.24) is 4.98 Å². The third-order valence-electron chi connectivity index (χ3n) is 4.03. The summed E-state index contributed by atoms with van der Waals surface area (Å²) in [5.74, 6) is -0.756. The fourth-order valence-corrected chi connectivity index (χ4v) is 2.82. The van der Waals surface area contributed by atoms with Gasteiger partial charge in [-0.1, -0.05) is 60.7 Å². The molecule has 3 aromatic rings. The van der Waals surface area contributed by atoms with Crippen molar-refractivity contribution in [3.63, 3.8) is 0 Å². The van der Waals surface area contributed by atoms with Gasteiger partial charge in [0.15, 0.2) is 0 Å². The minimum absolute atomic E-state index is 0.0536. The van der Waals surface area contributed by atoms with Crippen molar-refractivity contribution in [2.45, 2.75) is 6.92 Å². The highest BCUT2D eigenvalue weighted by atomic mass is 16.5. The number of benzene rings is 2. The standard InChI is InChI=1S/C22H19NO4/c1-3-27-22(25)18-14-17(15-10-6-4-7-11-15)19(16-12-8-5-9-13-16)23-21(24)20(18)26-2/h4-14H,3H2,1-2H3. The van der Waals surface area contributed by atoms with Gasteiger partial charge in [-0.15, -0.1) is 0 Å². The van der Waals surface area contributed by atoms with Gasteiger partial charge in [0.05, 0.1) is 19.4 Å². The number of rotatable bonds is 5. The van der Waals surface area contributed by atoms with E-state index in [-0.39, 0.29) is 17.9 Å². The van der Waals surface area contributed by atoms with E-state index in [9.17, 15) is 9.59 Å². The van der Waals surface area contributed by atoms with Crippen LogP contribution in [0.5, 0.6) is 5.75 Å². The molecule has 0 radical (unpaired) electrons. The molecule has 3 rings (SSSR count). The number of carbonyl (C=O) groups excluding carboxylic acids is 1. The van der Waals surface area contributed by atoms with Crippen molar-refractivity contribution in [1.29, 1.82) is 0 Å². The molecule has 27 heavy (non-hydrogen) atoms. The zero-order valence-corrected chi connectivity index (χ0v) is 15.1. The average molecular weight is 361 g/mol. The number of aromatic nitrogens is 1. The summed E-state index contributed by atoms with van der Waals surface area (Å²) >= 11 is 0. The second kappa shape index (κ2) is 8.27. The van der Waals surface area contributed by atoms with E-state index < -0.39 is 11.5 Å². The molecule has 1 aromatic heterocycles. The lowest BCUT2D eigenvalue weighted by atomic mass is 9.99. The summed E-state index contributed by atoms with van der Waals surface area (Å²) in [5.41, 5.74) is 2.14. The van der Waals surface area contributed by atoms with Crippen LogP contribution >= 0.6 is 0 Å². The molecule has 0 saturated heterocycles. The highest BCUT2D eigenvalue weighted by molar-refractivity contribution is 5.95. The number of carbonyl (C=O) groups is 1. The first-order valence-electron chi connectivity index (χ1n) is 8.57. The van der Waals surface area contributed by atoms with Crippen molar-refractivity contribution in [3.05, 3.63) is 82.6 Å². The van der Waals surface area contributed by atoms with Gasteiger partial charge in [0, 0.05) is 11.1 Å². The Hall–Kier alpha value is -3.47. The SMILES string of the molecule is CCOC(=O)c1cc(-c2ccccc2)c(-c2ccccc2)nc(=O)c1OC. The van der Waals surface area contributed by atoms with Gasteiger partial charge < -0.3 is 9.47 Å². The third-order valence-corrected chi connectivity index (χ3v) is 4.03. The highest BCUT2D eigenvalue weighted by Crippen LogP contribution is 2.31. The molecule has 1 heterocycles. The number of nitrogens with zero attached hydrogens (tertiary/aromatic N) is 1. The maximum atomic E-state index is 12.7. The fourth-order valence-electron chi connectivity index (χ4n) is 2.82. The lowest BCUT2D eigenvalue weighted by Crippen LogP contribution is -2.13. The van der Waals surface area contributed by atoms with Crippen molar-refractivity contribution in [2.75, 3.05) is 13.7 Å². The van der Waals surface area contributed by atoms with Crippen LogP contribution in [0.1, 0.15) is 17.3 Å². The number of hydrogen-bond donors (Lipinski definition) is 0. The molecule has 2 aromatic carbocycles. The van der Waals surface area contributed by atoms with Crippen LogP contribution in [0.2, 0.25) is 0 Å². The summed E-state index contributed by atoms with van der Waals surface area (Å²) in [6.45, 7) is 1.89. The molecule has 0 aliphatic carbocycles. The minimum atomic E-state index is -0.624. The molecule has 0 N–H and O–H groups in total. The van der Waals surface area contributed by atoms with Crippen LogP contribution in [0.4, 0.5) is 0 Å². The number of hydrogen-bond acceptors (Lipinski definition) is 5. The monoisotopic (exact) mass is 361 g/mol. The van der Waals surface area contributed by atoms with E-state index in [1.165, 1.54) is 7.11 Å². The molecule has 0 aliphatic rings. The van der Waals surface area contributed by atoms with Gasteiger partial charge in [0.25, 0.3) is 0 Å². The van der Waals surface area contributed by atoms with E-state index in [1.54, 1.807) is 13.0 Å². The molecule has 0 unspecified atom stereocenters. The van der Waals surface area contributed by atoms with Crippen LogP contribution in [-0.4, -0.2) is 24.7 Å². The van der Waals surface area contributed by atoms with Gasteiger partial charge in [-0.05, 0) is 18.6 Å². The van der Waals surface area contributed by atoms with Crippen LogP contribution in [0.15, 0.2) is 71.5 Å². The minimum Gasteiger partial charge on any atom is -0.490 e. The topological polar surface area (TPSA) is 65.5 Å². The van der Waals surface area contributed by atoms with Gasteiger partial charge in [0.2, 0.25) is 5.75 Å². The quantitative estimate of drug-likeness (QED) is 0.644. The van der Waals surface area contributed by atoms with E-state index in [2.05, 4.69) is 4.98 Å². The van der Waals surface area contributed by atoms with Crippen LogP contribution in [-0.2, 0) is 4.74 Å². The van der Waals surface area contributed by atoms with E-state index in [1.807, 2.05) is 60.7 Å². The van der Waals surface area contributed by atoms with Gasteiger partial charge in [-0.3, -0.25) is 4.79 Å². The lowest BCUT2D eigenvalue weighted by Gasteiger charge is -2.07. The molecule has 0 amide bonds. The van der Waals surface area contributed by atoms with Crippen molar-refractivity contribution in [2.24, 2.45) is 0 Å². The molecule has 0 saturated carbocycles. The van der Waals surface area contributed by atoms with Crippen LogP contribution in [0, 0.1) is 0 Å². The summed E-state index contributed by atoms with van der Waals surface area (Å²) in [4.78, 5) is 29.5. The maximum Gasteiger partial charge on any atom is 0.342 e. The first kappa shape index (κ1) is 18.3.